The zero-order valence-corrected chi connectivity index (χ0v) is 13.6. The summed E-state index contributed by atoms with van der Waals surface area (Å²) in [4.78, 5) is 0. The number of alkyl halides is 3. The first-order chi connectivity index (χ1) is 5.91. The van der Waals surface area contributed by atoms with Gasteiger partial charge in [-0.25, -0.2) is 0 Å². The Morgan fingerprint density at radius 1 is 1.15 bits per heavy atom. The molecule has 13 heavy (non-hydrogen) atoms. The number of hydrogen-bond acceptors (Lipinski definition) is 0. The van der Waals surface area contributed by atoms with Gasteiger partial charge in [0.25, 0.3) is 0 Å². The fraction of sp³-hybridized carbons (Fsp3) is 0.200. The largest absolute Gasteiger partial charge is 0.149 e. The second kappa shape index (κ2) is 4.78. The summed E-state index contributed by atoms with van der Waals surface area (Å²) < 4.78 is 0.154. The fourth-order valence-corrected chi connectivity index (χ4v) is 2.02. The average molecular weight is 510 g/mol. The highest BCUT2D eigenvalue weighted by atomic mass is 127. The molecule has 0 atom stereocenters. The summed E-state index contributed by atoms with van der Waals surface area (Å²) in [5.74, 6) is 0. The van der Waals surface area contributed by atoms with Gasteiger partial charge in [0.2, 0.25) is 0 Å². The van der Waals surface area contributed by atoms with Gasteiger partial charge in [-0.1, -0.05) is 36.4 Å². The summed E-state index contributed by atoms with van der Waals surface area (Å²) in [5.41, 5.74) is 3.67. The van der Waals surface area contributed by atoms with E-state index in [2.05, 4.69) is 98.6 Å². The maximum Gasteiger partial charge on any atom is 0.149 e. The predicted octanol–water partition coefficient (Wildman–Crippen LogP) is 5.14. The van der Waals surface area contributed by atoms with Gasteiger partial charge in [-0.05, 0) is 85.8 Å². The lowest BCUT2D eigenvalue weighted by Crippen LogP contribution is -1.96. The average Bonchev–Trinajstić information content (AvgIpc) is 2.03. The van der Waals surface area contributed by atoms with Crippen LogP contribution >= 0.6 is 67.8 Å². The standard InChI is InChI=1S/C10H9I3/c1-7(2)8-3-5-9(6-4-8)10(11,12)13/h3-6H,1H2,2H3. The van der Waals surface area contributed by atoms with Crippen molar-refractivity contribution in [1.29, 1.82) is 0 Å². The van der Waals surface area contributed by atoms with Crippen molar-refractivity contribution in [2.75, 3.05) is 0 Å². The lowest BCUT2D eigenvalue weighted by Gasteiger charge is -2.13. The van der Waals surface area contributed by atoms with E-state index < -0.39 is 0 Å². The van der Waals surface area contributed by atoms with E-state index in [0.29, 0.717) is 0 Å². The molecule has 0 heterocycles. The van der Waals surface area contributed by atoms with Crippen molar-refractivity contribution < 1.29 is 0 Å². The molecule has 70 valence electrons. The molecule has 0 unspecified atom stereocenters. The normalized spacial score (nSPS) is 11.4. The van der Waals surface area contributed by atoms with Crippen molar-refractivity contribution in [1.82, 2.24) is 0 Å². The monoisotopic (exact) mass is 510 g/mol. The van der Waals surface area contributed by atoms with Crippen LogP contribution in [0, 0.1) is 0 Å². The van der Waals surface area contributed by atoms with E-state index in [0.717, 1.165) is 5.57 Å². The third-order valence-corrected chi connectivity index (χ3v) is 3.57. The van der Waals surface area contributed by atoms with Crippen molar-refractivity contribution in [3.8, 4) is 0 Å². The summed E-state index contributed by atoms with van der Waals surface area (Å²) in [5, 5.41) is 0. The first-order valence-corrected chi connectivity index (χ1v) is 6.98. The minimum absolute atomic E-state index is 0.154. The fourth-order valence-electron chi connectivity index (χ4n) is 0.944. The van der Waals surface area contributed by atoms with Crippen molar-refractivity contribution in [3.63, 3.8) is 0 Å². The molecule has 0 amide bonds. The Kier molecular flexibility index (Phi) is 4.49. The lowest BCUT2D eigenvalue weighted by molar-refractivity contribution is 1.41. The highest BCUT2D eigenvalue weighted by Gasteiger charge is 2.19. The Balaban J connectivity index is 3.01. The van der Waals surface area contributed by atoms with Crippen molar-refractivity contribution in [2.45, 2.75) is 6.36 Å². The van der Waals surface area contributed by atoms with E-state index >= 15 is 0 Å². The molecule has 0 N–H and O–H groups in total. The maximum atomic E-state index is 3.91. The summed E-state index contributed by atoms with van der Waals surface area (Å²) in [6, 6.07) is 8.58. The van der Waals surface area contributed by atoms with E-state index in [1.165, 1.54) is 11.1 Å². The molecule has 1 aromatic carbocycles. The third-order valence-electron chi connectivity index (χ3n) is 1.71. The van der Waals surface area contributed by atoms with Crippen LogP contribution in [0.4, 0.5) is 0 Å². The van der Waals surface area contributed by atoms with Gasteiger partial charge >= 0.3 is 0 Å². The Labute approximate surface area is 120 Å². The lowest BCUT2D eigenvalue weighted by atomic mass is 10.1. The number of benzene rings is 1. The van der Waals surface area contributed by atoms with Gasteiger partial charge < -0.3 is 0 Å². The molecule has 0 fully saturated rings. The number of halogens is 3. The number of rotatable bonds is 2. The van der Waals surface area contributed by atoms with E-state index in [-0.39, 0.29) is -0.565 Å². The molecule has 0 radical (unpaired) electrons. The molecule has 1 aromatic rings. The third kappa shape index (κ3) is 3.65. The summed E-state index contributed by atoms with van der Waals surface area (Å²) in [7, 11) is 0. The molecule has 0 bridgehead atoms. The summed E-state index contributed by atoms with van der Waals surface area (Å²) in [6.07, 6.45) is 0. The molecule has 1 rings (SSSR count). The van der Waals surface area contributed by atoms with Crippen LogP contribution in [0.2, 0.25) is 0 Å². The Bertz CT molecular complexity index is 306. The molecule has 0 aliphatic rings. The minimum Gasteiger partial charge on any atom is -0.0955 e. The zero-order valence-electron chi connectivity index (χ0n) is 7.15. The van der Waals surface area contributed by atoms with Gasteiger partial charge in [0.05, 0.1) is 0 Å². The maximum absolute atomic E-state index is 3.91. The molecule has 0 aliphatic heterocycles. The van der Waals surface area contributed by atoms with Gasteiger partial charge in [0, 0.05) is 0 Å². The predicted molar refractivity (Wildman–Crippen MR) is 84.9 cm³/mol. The molecule has 0 saturated heterocycles. The van der Waals surface area contributed by atoms with Crippen LogP contribution in [0.15, 0.2) is 30.8 Å². The second-order valence-corrected chi connectivity index (χ2v) is 13.9. The van der Waals surface area contributed by atoms with Gasteiger partial charge in [0.15, 0.2) is 0 Å². The highest BCUT2D eigenvalue weighted by Crippen LogP contribution is 2.45. The first-order valence-electron chi connectivity index (χ1n) is 3.74. The molecular formula is C10H9I3. The SMILES string of the molecule is C=C(C)c1ccc(C(I)(I)I)cc1. The van der Waals surface area contributed by atoms with E-state index in [1.807, 2.05) is 6.92 Å². The minimum atomic E-state index is 0.154. The second-order valence-electron chi connectivity index (χ2n) is 2.86. The van der Waals surface area contributed by atoms with E-state index in [1.54, 1.807) is 0 Å². The molecule has 0 nitrogen and oxygen atoms in total. The van der Waals surface area contributed by atoms with E-state index in [4.69, 9.17) is 0 Å². The van der Waals surface area contributed by atoms with Gasteiger partial charge in [-0.15, -0.1) is 0 Å². The van der Waals surface area contributed by atoms with E-state index in [9.17, 15) is 0 Å². The molecule has 0 spiro atoms. The van der Waals surface area contributed by atoms with Crippen LogP contribution in [0.1, 0.15) is 18.1 Å². The van der Waals surface area contributed by atoms with Gasteiger partial charge in [-0.3, -0.25) is 0 Å². The highest BCUT2D eigenvalue weighted by molar-refractivity contribution is 14.3. The van der Waals surface area contributed by atoms with Crippen molar-refractivity contribution in [3.05, 3.63) is 42.0 Å². The Morgan fingerprint density at radius 3 is 1.92 bits per heavy atom. The van der Waals surface area contributed by atoms with Crippen LogP contribution in [-0.2, 0) is -0.565 Å². The first kappa shape index (κ1) is 12.2. The summed E-state index contributed by atoms with van der Waals surface area (Å²) >= 11 is 7.27. The Hall–Kier alpha value is 1.15. The number of allylic oxidation sites excluding steroid dienone is 1. The Morgan fingerprint density at radius 2 is 1.62 bits per heavy atom. The smallest absolute Gasteiger partial charge is 0.0955 e. The zero-order chi connectivity index (χ0) is 10.1. The molecular weight excluding hydrogens is 501 g/mol. The van der Waals surface area contributed by atoms with Gasteiger partial charge in [-0.2, -0.15) is 0 Å². The van der Waals surface area contributed by atoms with Gasteiger partial charge in [0.1, 0.15) is -0.565 Å². The van der Waals surface area contributed by atoms with Crippen LogP contribution in [0.25, 0.3) is 5.57 Å². The summed E-state index contributed by atoms with van der Waals surface area (Å²) in [6.45, 7) is 5.94. The molecule has 0 saturated carbocycles. The number of hydrogen-bond donors (Lipinski definition) is 0. The van der Waals surface area contributed by atoms with Crippen molar-refractivity contribution in [2.24, 2.45) is 0 Å². The van der Waals surface area contributed by atoms with Crippen molar-refractivity contribution >= 4 is 73.3 Å². The van der Waals surface area contributed by atoms with Crippen LogP contribution in [-0.4, -0.2) is 0 Å². The topological polar surface area (TPSA) is 0 Å². The van der Waals surface area contributed by atoms with Crippen LogP contribution < -0.4 is 0 Å². The molecule has 0 aliphatic carbocycles. The van der Waals surface area contributed by atoms with Crippen LogP contribution in [0.5, 0.6) is 0 Å². The van der Waals surface area contributed by atoms with Crippen LogP contribution in [0.3, 0.4) is 0 Å². The molecule has 3 heteroatoms. The molecule has 0 aromatic heterocycles. The quantitative estimate of drug-likeness (QED) is 0.383.